The van der Waals surface area contributed by atoms with Crippen LogP contribution in [0.4, 0.5) is 0 Å². The van der Waals surface area contributed by atoms with Crippen LogP contribution in [-0.4, -0.2) is 57.4 Å². The van der Waals surface area contributed by atoms with E-state index >= 15 is 0 Å². The van der Waals surface area contributed by atoms with Crippen LogP contribution in [0, 0.1) is 19.8 Å². The molecular weight excluding hydrogens is 414 g/mol. The normalized spacial score (nSPS) is 23.9. The molecule has 31 heavy (non-hydrogen) atoms. The number of carbonyl (C=O) groups excluding carboxylic acids is 1. The van der Waals surface area contributed by atoms with Crippen molar-refractivity contribution in [2.75, 3.05) is 26.2 Å². The molecule has 0 spiro atoms. The Morgan fingerprint density at radius 3 is 2.55 bits per heavy atom. The van der Waals surface area contributed by atoms with Crippen molar-refractivity contribution in [2.24, 2.45) is 10.3 Å². The van der Waals surface area contributed by atoms with Crippen molar-refractivity contribution >= 4 is 26.7 Å². The molecule has 7 nitrogen and oxygen atoms in total. The Labute approximate surface area is 184 Å². The molecule has 0 aromatic heterocycles. The standard InChI is InChI=1S/C23H31N3O4S/c1-15-6-7-19(13-16(15)2)21-17(3)22(25-31(21,28)29)26-10-8-18(9-11-26)23(27)24-14-20-5-4-12-30-20/h6-7,13,18,20H,4-5,8-12,14H2,1-3H3,(H,24,27)/t20-/m0/s1. The number of hydrogen-bond acceptors (Lipinski definition) is 5. The molecule has 0 aliphatic carbocycles. The van der Waals surface area contributed by atoms with Gasteiger partial charge in [0.15, 0.2) is 0 Å². The number of ether oxygens (including phenoxy) is 1. The minimum absolute atomic E-state index is 0.0558. The van der Waals surface area contributed by atoms with Gasteiger partial charge in [0.05, 0.1) is 6.10 Å². The van der Waals surface area contributed by atoms with Crippen molar-refractivity contribution in [3.05, 3.63) is 40.5 Å². The van der Waals surface area contributed by atoms with E-state index in [2.05, 4.69) is 9.71 Å². The van der Waals surface area contributed by atoms with Gasteiger partial charge in [-0.15, -0.1) is 4.40 Å². The van der Waals surface area contributed by atoms with E-state index in [1.807, 2.05) is 43.9 Å². The van der Waals surface area contributed by atoms with Gasteiger partial charge >= 0.3 is 0 Å². The van der Waals surface area contributed by atoms with Crippen molar-refractivity contribution in [3.8, 4) is 0 Å². The number of amidine groups is 1. The second kappa shape index (κ2) is 8.74. The average Bonchev–Trinajstić information content (AvgIpc) is 3.34. The van der Waals surface area contributed by atoms with Crippen LogP contribution in [0.15, 0.2) is 28.2 Å². The van der Waals surface area contributed by atoms with Crippen LogP contribution in [0.5, 0.6) is 0 Å². The summed E-state index contributed by atoms with van der Waals surface area (Å²) < 4.78 is 35.4. The Hall–Kier alpha value is -2.19. The summed E-state index contributed by atoms with van der Waals surface area (Å²) in [6.07, 6.45) is 3.56. The summed E-state index contributed by atoms with van der Waals surface area (Å²) in [5, 5.41) is 3.02. The summed E-state index contributed by atoms with van der Waals surface area (Å²) >= 11 is 0. The Kier molecular flexibility index (Phi) is 6.21. The number of benzene rings is 1. The number of hydrogen-bond donors (Lipinski definition) is 1. The van der Waals surface area contributed by atoms with E-state index in [4.69, 9.17) is 4.74 Å². The van der Waals surface area contributed by atoms with Crippen molar-refractivity contribution < 1.29 is 17.9 Å². The largest absolute Gasteiger partial charge is 0.376 e. The molecule has 3 heterocycles. The van der Waals surface area contributed by atoms with Crippen LogP contribution in [0.3, 0.4) is 0 Å². The summed E-state index contributed by atoms with van der Waals surface area (Å²) in [6, 6.07) is 5.70. The fourth-order valence-corrected chi connectivity index (χ4v) is 6.06. The lowest BCUT2D eigenvalue weighted by molar-refractivity contribution is -0.126. The number of rotatable bonds is 4. The van der Waals surface area contributed by atoms with E-state index < -0.39 is 10.0 Å². The lowest BCUT2D eigenvalue weighted by Gasteiger charge is -2.33. The van der Waals surface area contributed by atoms with E-state index in [1.165, 1.54) is 0 Å². The fraction of sp³-hybridized carbons (Fsp3) is 0.565. The molecule has 3 aliphatic heterocycles. The van der Waals surface area contributed by atoms with E-state index in [1.54, 1.807) is 0 Å². The molecule has 0 saturated carbocycles. The van der Waals surface area contributed by atoms with Gasteiger partial charge in [-0.25, -0.2) is 0 Å². The van der Waals surface area contributed by atoms with Crippen molar-refractivity contribution in [1.82, 2.24) is 10.2 Å². The molecule has 1 atom stereocenters. The van der Waals surface area contributed by atoms with E-state index in [9.17, 15) is 13.2 Å². The number of nitrogens with one attached hydrogen (secondary N) is 1. The second-order valence-corrected chi connectivity index (χ2v) is 10.3. The molecule has 1 aromatic rings. The van der Waals surface area contributed by atoms with Gasteiger partial charge < -0.3 is 15.0 Å². The molecule has 0 unspecified atom stereocenters. The van der Waals surface area contributed by atoms with Crippen LogP contribution in [0.25, 0.3) is 4.91 Å². The first-order valence-corrected chi connectivity index (χ1v) is 12.5. The predicted octanol–water partition coefficient (Wildman–Crippen LogP) is 2.78. The zero-order valence-corrected chi connectivity index (χ0v) is 19.3. The van der Waals surface area contributed by atoms with E-state index in [-0.39, 0.29) is 17.9 Å². The van der Waals surface area contributed by atoms with Gasteiger partial charge in [0.2, 0.25) is 5.91 Å². The van der Waals surface area contributed by atoms with Gasteiger partial charge in [0.1, 0.15) is 10.7 Å². The van der Waals surface area contributed by atoms with Crippen LogP contribution in [0.1, 0.15) is 49.3 Å². The zero-order chi connectivity index (χ0) is 22.2. The maximum atomic E-state index is 12.9. The lowest BCUT2D eigenvalue weighted by Crippen LogP contribution is -2.44. The van der Waals surface area contributed by atoms with E-state index in [0.717, 1.165) is 30.6 Å². The maximum Gasteiger partial charge on any atom is 0.285 e. The summed E-state index contributed by atoms with van der Waals surface area (Å²) in [5.74, 6) is 0.533. The monoisotopic (exact) mass is 445 g/mol. The molecule has 1 aromatic carbocycles. The van der Waals surface area contributed by atoms with E-state index in [0.29, 0.717) is 54.4 Å². The molecule has 1 N–H and O–H groups in total. The number of likely N-dealkylation sites (tertiary alicyclic amines) is 1. The van der Waals surface area contributed by atoms with Crippen LogP contribution in [0.2, 0.25) is 0 Å². The molecule has 1 amide bonds. The van der Waals surface area contributed by atoms with Crippen LogP contribution < -0.4 is 5.32 Å². The summed E-state index contributed by atoms with van der Waals surface area (Å²) in [4.78, 5) is 14.8. The quantitative estimate of drug-likeness (QED) is 0.770. The Bertz CT molecular complexity index is 1030. The van der Waals surface area contributed by atoms with Crippen molar-refractivity contribution in [2.45, 2.75) is 52.6 Å². The third kappa shape index (κ3) is 4.55. The van der Waals surface area contributed by atoms with Gasteiger partial charge in [0.25, 0.3) is 10.0 Å². The molecule has 168 valence electrons. The first-order chi connectivity index (χ1) is 14.8. The van der Waals surface area contributed by atoms with Crippen LogP contribution >= 0.6 is 0 Å². The molecule has 8 heteroatoms. The number of piperidine rings is 1. The number of carbonyl (C=O) groups is 1. The molecule has 0 radical (unpaired) electrons. The fourth-order valence-electron chi connectivity index (χ4n) is 4.58. The minimum Gasteiger partial charge on any atom is -0.376 e. The Morgan fingerprint density at radius 1 is 1.16 bits per heavy atom. The topological polar surface area (TPSA) is 88.1 Å². The molecule has 4 rings (SSSR count). The molecule has 3 aliphatic rings. The number of nitrogens with zero attached hydrogens (tertiary/aromatic N) is 2. The number of sulfonamides is 1. The lowest BCUT2D eigenvalue weighted by atomic mass is 9.95. The summed E-state index contributed by atoms with van der Waals surface area (Å²) in [5.41, 5.74) is 3.54. The van der Waals surface area contributed by atoms with Gasteiger partial charge in [-0.3, -0.25) is 4.79 Å². The third-order valence-electron chi connectivity index (χ3n) is 6.60. The first-order valence-electron chi connectivity index (χ1n) is 11.0. The second-order valence-electron chi connectivity index (χ2n) is 8.78. The summed E-state index contributed by atoms with van der Waals surface area (Å²) in [6.45, 7) is 8.40. The Balaban J connectivity index is 1.42. The maximum absolute atomic E-state index is 12.9. The highest BCUT2D eigenvalue weighted by molar-refractivity contribution is 8.00. The number of aryl methyl sites for hydroxylation is 2. The van der Waals surface area contributed by atoms with Crippen molar-refractivity contribution in [3.63, 3.8) is 0 Å². The highest BCUT2D eigenvalue weighted by atomic mass is 32.2. The SMILES string of the molecule is CC1=C(c2ccc(C)c(C)c2)S(=O)(=O)N=C1N1CCC(C(=O)NC[C@@H]2CCCO2)CC1. The first kappa shape index (κ1) is 22.0. The molecule has 2 fully saturated rings. The minimum atomic E-state index is -3.73. The molecule has 2 saturated heterocycles. The predicted molar refractivity (Wildman–Crippen MR) is 121 cm³/mol. The van der Waals surface area contributed by atoms with Gasteiger partial charge in [-0.2, -0.15) is 8.42 Å². The highest BCUT2D eigenvalue weighted by Gasteiger charge is 2.36. The van der Waals surface area contributed by atoms with Gasteiger partial charge in [-0.1, -0.05) is 18.2 Å². The molecule has 0 bridgehead atoms. The molecular formula is C23H31N3O4S. The van der Waals surface area contributed by atoms with Crippen molar-refractivity contribution in [1.29, 1.82) is 0 Å². The van der Waals surface area contributed by atoms with Gasteiger partial charge in [-0.05, 0) is 63.1 Å². The average molecular weight is 446 g/mol. The zero-order valence-electron chi connectivity index (χ0n) is 18.5. The third-order valence-corrected chi connectivity index (χ3v) is 8.07. The van der Waals surface area contributed by atoms with Gasteiger partial charge in [0, 0.05) is 37.7 Å². The highest BCUT2D eigenvalue weighted by Crippen LogP contribution is 2.35. The smallest absolute Gasteiger partial charge is 0.285 e. The number of amides is 1. The van der Waals surface area contributed by atoms with Crippen LogP contribution in [-0.2, 0) is 19.6 Å². The summed E-state index contributed by atoms with van der Waals surface area (Å²) in [7, 11) is -3.73. The Morgan fingerprint density at radius 2 is 1.90 bits per heavy atom.